The summed E-state index contributed by atoms with van der Waals surface area (Å²) in [6.45, 7) is 1.14. The predicted octanol–water partition coefficient (Wildman–Crippen LogP) is 1.14. The molecule has 21 heavy (non-hydrogen) atoms. The van der Waals surface area contributed by atoms with Crippen LogP contribution in [-0.4, -0.2) is 53.1 Å². The fourth-order valence-electron chi connectivity index (χ4n) is 2.95. The second-order valence-corrected chi connectivity index (χ2v) is 5.40. The third-order valence-corrected chi connectivity index (χ3v) is 4.20. The molecule has 0 radical (unpaired) electrons. The van der Waals surface area contributed by atoms with Crippen LogP contribution in [0.25, 0.3) is 11.0 Å². The Hall–Kier alpha value is -1.92. The van der Waals surface area contributed by atoms with Gasteiger partial charge in [-0.2, -0.15) is 0 Å². The van der Waals surface area contributed by atoms with Gasteiger partial charge in [0.05, 0.1) is 23.5 Å². The molecule has 1 aliphatic rings. The lowest BCUT2D eigenvalue weighted by Gasteiger charge is -2.38. The number of aromatic nitrogens is 2. The van der Waals surface area contributed by atoms with Gasteiger partial charge in [-0.25, -0.2) is 4.98 Å². The molecule has 112 valence electrons. The number of hydrogen-bond donors (Lipinski definition) is 2. The van der Waals surface area contributed by atoms with Gasteiger partial charge in [-0.3, -0.25) is 4.79 Å². The largest absolute Gasteiger partial charge is 0.381 e. The van der Waals surface area contributed by atoms with E-state index < -0.39 is 0 Å². The van der Waals surface area contributed by atoms with Crippen LogP contribution in [0.15, 0.2) is 24.5 Å². The maximum atomic E-state index is 12.7. The Labute approximate surface area is 123 Å². The van der Waals surface area contributed by atoms with E-state index in [1.54, 1.807) is 13.4 Å². The first kappa shape index (κ1) is 14.0. The van der Waals surface area contributed by atoms with E-state index in [-0.39, 0.29) is 18.1 Å². The molecule has 0 spiro atoms. The van der Waals surface area contributed by atoms with E-state index in [0.717, 1.165) is 23.9 Å². The van der Waals surface area contributed by atoms with E-state index in [1.807, 2.05) is 23.1 Å². The second-order valence-electron chi connectivity index (χ2n) is 5.40. The summed E-state index contributed by atoms with van der Waals surface area (Å²) in [6.07, 6.45) is 3.47. The van der Waals surface area contributed by atoms with Crippen LogP contribution in [0.4, 0.5) is 0 Å². The van der Waals surface area contributed by atoms with Crippen molar-refractivity contribution in [3.8, 4) is 0 Å². The summed E-state index contributed by atoms with van der Waals surface area (Å²) >= 11 is 0. The van der Waals surface area contributed by atoms with Crippen LogP contribution in [0, 0.1) is 0 Å². The summed E-state index contributed by atoms with van der Waals surface area (Å²) < 4.78 is 5.40. The lowest BCUT2D eigenvalue weighted by Crippen LogP contribution is -2.51. The Kier molecular flexibility index (Phi) is 3.90. The van der Waals surface area contributed by atoms with E-state index >= 15 is 0 Å². The molecule has 1 aromatic heterocycles. The van der Waals surface area contributed by atoms with E-state index in [0.29, 0.717) is 18.7 Å². The zero-order chi connectivity index (χ0) is 14.8. The van der Waals surface area contributed by atoms with Crippen LogP contribution in [0.3, 0.4) is 0 Å². The van der Waals surface area contributed by atoms with Crippen molar-refractivity contribution in [3.63, 3.8) is 0 Å². The number of methoxy groups -OCH3 is 1. The third kappa shape index (κ3) is 2.64. The van der Waals surface area contributed by atoms with Crippen LogP contribution in [-0.2, 0) is 4.74 Å². The lowest BCUT2D eigenvalue weighted by molar-refractivity contribution is 0.0139. The van der Waals surface area contributed by atoms with Crippen molar-refractivity contribution in [3.05, 3.63) is 30.1 Å². The van der Waals surface area contributed by atoms with Gasteiger partial charge >= 0.3 is 0 Å². The number of likely N-dealkylation sites (tertiary alicyclic amines) is 1. The number of fused-ring (bicyclic) bond motifs is 1. The molecule has 3 N–H and O–H groups in total. The maximum absolute atomic E-state index is 12.7. The van der Waals surface area contributed by atoms with Crippen molar-refractivity contribution in [2.75, 3.05) is 20.2 Å². The first-order valence-corrected chi connectivity index (χ1v) is 7.20. The Morgan fingerprint density at radius 3 is 3.19 bits per heavy atom. The predicted molar refractivity (Wildman–Crippen MR) is 80.0 cm³/mol. The van der Waals surface area contributed by atoms with E-state index in [1.165, 1.54) is 0 Å². The number of amides is 1. The number of nitrogens with zero attached hydrogens (tertiary/aromatic N) is 2. The van der Waals surface area contributed by atoms with Gasteiger partial charge in [0.25, 0.3) is 5.91 Å². The number of rotatable bonds is 3. The molecule has 2 aromatic rings. The van der Waals surface area contributed by atoms with Gasteiger partial charge in [0.1, 0.15) is 0 Å². The standard InChI is InChI=1S/C15H20N4O2/c1-21-12-4-5-19(11(7-12)8-16)15(20)10-2-3-13-14(6-10)18-9-17-13/h2-3,6,9,11-12H,4-5,7-8,16H2,1H3,(H,17,18). The summed E-state index contributed by atoms with van der Waals surface area (Å²) in [7, 11) is 1.71. The molecule has 0 aliphatic carbocycles. The van der Waals surface area contributed by atoms with Gasteiger partial charge in [0, 0.05) is 31.8 Å². The molecule has 6 nitrogen and oxygen atoms in total. The van der Waals surface area contributed by atoms with Gasteiger partial charge in [-0.1, -0.05) is 0 Å². The van der Waals surface area contributed by atoms with E-state index in [9.17, 15) is 4.79 Å². The van der Waals surface area contributed by atoms with Crippen molar-refractivity contribution in [2.45, 2.75) is 25.0 Å². The highest BCUT2D eigenvalue weighted by Crippen LogP contribution is 2.22. The van der Waals surface area contributed by atoms with Gasteiger partial charge in [-0.15, -0.1) is 0 Å². The minimum atomic E-state index is 0.0245. The van der Waals surface area contributed by atoms with Gasteiger partial charge < -0.3 is 20.4 Å². The number of imidazole rings is 1. The number of carbonyl (C=O) groups excluding carboxylic acids is 1. The number of nitrogens with two attached hydrogens (primary N) is 1. The van der Waals surface area contributed by atoms with Crippen molar-refractivity contribution >= 4 is 16.9 Å². The highest BCUT2D eigenvalue weighted by molar-refractivity contribution is 5.97. The molecule has 1 fully saturated rings. The van der Waals surface area contributed by atoms with Gasteiger partial charge in [-0.05, 0) is 31.0 Å². The molecule has 1 saturated heterocycles. The van der Waals surface area contributed by atoms with Crippen LogP contribution < -0.4 is 5.73 Å². The fourth-order valence-corrected chi connectivity index (χ4v) is 2.95. The van der Waals surface area contributed by atoms with Crippen molar-refractivity contribution in [1.82, 2.24) is 14.9 Å². The number of H-pyrrole nitrogens is 1. The fraction of sp³-hybridized carbons (Fsp3) is 0.467. The molecule has 2 unspecified atom stereocenters. The van der Waals surface area contributed by atoms with E-state index in [2.05, 4.69) is 9.97 Å². The third-order valence-electron chi connectivity index (χ3n) is 4.20. The Morgan fingerprint density at radius 2 is 2.43 bits per heavy atom. The molecule has 0 saturated carbocycles. The zero-order valence-corrected chi connectivity index (χ0v) is 12.1. The minimum absolute atomic E-state index is 0.0245. The van der Waals surface area contributed by atoms with Crippen molar-refractivity contribution in [2.24, 2.45) is 5.73 Å². The number of benzene rings is 1. The Balaban J connectivity index is 1.83. The quantitative estimate of drug-likeness (QED) is 0.887. The number of ether oxygens (including phenoxy) is 1. The molecule has 1 amide bonds. The van der Waals surface area contributed by atoms with Crippen molar-refractivity contribution in [1.29, 1.82) is 0 Å². The number of hydrogen-bond acceptors (Lipinski definition) is 4. The molecule has 2 atom stereocenters. The summed E-state index contributed by atoms with van der Waals surface area (Å²) in [4.78, 5) is 21.8. The number of carbonyl (C=O) groups is 1. The molecule has 1 aromatic carbocycles. The first-order chi connectivity index (χ1) is 10.2. The number of piperidine rings is 1. The van der Waals surface area contributed by atoms with Crippen molar-refractivity contribution < 1.29 is 9.53 Å². The SMILES string of the molecule is COC1CCN(C(=O)c2ccc3nc[nH]c3c2)C(CN)C1. The zero-order valence-electron chi connectivity index (χ0n) is 12.1. The second kappa shape index (κ2) is 5.83. The molecule has 1 aliphatic heterocycles. The minimum Gasteiger partial charge on any atom is -0.381 e. The Bertz CT molecular complexity index is 639. The van der Waals surface area contributed by atoms with Crippen LogP contribution >= 0.6 is 0 Å². The maximum Gasteiger partial charge on any atom is 0.254 e. The number of aromatic amines is 1. The summed E-state index contributed by atoms with van der Waals surface area (Å²) in [6, 6.07) is 5.56. The molecule has 6 heteroatoms. The molecule has 3 rings (SSSR count). The smallest absolute Gasteiger partial charge is 0.254 e. The highest BCUT2D eigenvalue weighted by atomic mass is 16.5. The normalized spacial score (nSPS) is 22.7. The Morgan fingerprint density at radius 1 is 1.57 bits per heavy atom. The summed E-state index contributed by atoms with van der Waals surface area (Å²) in [5, 5.41) is 0. The topological polar surface area (TPSA) is 84.2 Å². The van der Waals surface area contributed by atoms with Crippen LogP contribution in [0.5, 0.6) is 0 Å². The van der Waals surface area contributed by atoms with Gasteiger partial charge in [0.15, 0.2) is 0 Å². The van der Waals surface area contributed by atoms with E-state index in [4.69, 9.17) is 10.5 Å². The average Bonchev–Trinajstić information content (AvgIpc) is 3.01. The highest BCUT2D eigenvalue weighted by Gasteiger charge is 2.31. The summed E-state index contributed by atoms with van der Waals surface area (Å²) in [5.74, 6) is 0.0245. The molecule has 0 bridgehead atoms. The van der Waals surface area contributed by atoms with Crippen LogP contribution in [0.1, 0.15) is 23.2 Å². The average molecular weight is 288 g/mol. The summed E-state index contributed by atoms with van der Waals surface area (Å²) in [5.41, 5.74) is 8.24. The first-order valence-electron chi connectivity index (χ1n) is 7.20. The van der Waals surface area contributed by atoms with Gasteiger partial charge in [0.2, 0.25) is 0 Å². The molecular weight excluding hydrogens is 268 g/mol. The molecular formula is C15H20N4O2. The monoisotopic (exact) mass is 288 g/mol. The number of nitrogens with one attached hydrogen (secondary N) is 1. The van der Waals surface area contributed by atoms with Crippen LogP contribution in [0.2, 0.25) is 0 Å². The molecule has 2 heterocycles. The lowest BCUT2D eigenvalue weighted by atomic mass is 9.98.